The fourth-order valence-electron chi connectivity index (χ4n) is 2.21. The molecule has 1 aliphatic heterocycles. The second-order valence-electron chi connectivity index (χ2n) is 4.66. The Bertz CT molecular complexity index is 454. The van der Waals surface area contributed by atoms with Crippen LogP contribution >= 0.6 is 23.2 Å². The van der Waals surface area contributed by atoms with E-state index in [-0.39, 0.29) is 6.09 Å². The maximum absolute atomic E-state index is 11.6. The van der Waals surface area contributed by atoms with Crippen LogP contribution in [0.1, 0.15) is 12.5 Å². The predicted octanol–water partition coefficient (Wildman–Crippen LogP) is 3.27. The number of carbonyl (C=O) groups excluding carboxylic acids is 1. The van der Waals surface area contributed by atoms with Crippen molar-refractivity contribution < 1.29 is 9.53 Å². The Morgan fingerprint density at radius 1 is 1.20 bits per heavy atom. The standard InChI is InChI=1S/C14H18Cl2N2O2/c1-2-20-14(19)18-8-6-17(7-9-18)10-11-12(15)4-3-5-13(11)16/h3-5H,2,6-10H2,1H3. The van der Waals surface area contributed by atoms with Gasteiger partial charge in [0.1, 0.15) is 0 Å². The van der Waals surface area contributed by atoms with Gasteiger partial charge in [-0.15, -0.1) is 0 Å². The first-order valence-electron chi connectivity index (χ1n) is 6.68. The molecule has 0 unspecified atom stereocenters. The summed E-state index contributed by atoms with van der Waals surface area (Å²) in [6.07, 6.45) is -0.233. The van der Waals surface area contributed by atoms with E-state index in [0.29, 0.717) is 36.3 Å². The molecular weight excluding hydrogens is 299 g/mol. The average molecular weight is 317 g/mol. The van der Waals surface area contributed by atoms with E-state index in [1.54, 1.807) is 4.90 Å². The highest BCUT2D eigenvalue weighted by atomic mass is 35.5. The van der Waals surface area contributed by atoms with Crippen LogP contribution < -0.4 is 0 Å². The Hall–Kier alpha value is -0.970. The van der Waals surface area contributed by atoms with E-state index in [4.69, 9.17) is 27.9 Å². The van der Waals surface area contributed by atoms with Crippen LogP contribution in [-0.4, -0.2) is 48.7 Å². The number of amides is 1. The summed E-state index contributed by atoms with van der Waals surface area (Å²) in [6, 6.07) is 5.53. The van der Waals surface area contributed by atoms with Crippen LogP contribution in [0.4, 0.5) is 4.79 Å². The zero-order chi connectivity index (χ0) is 14.5. The molecule has 110 valence electrons. The van der Waals surface area contributed by atoms with Crippen LogP contribution in [0.3, 0.4) is 0 Å². The van der Waals surface area contributed by atoms with Crippen LogP contribution in [0, 0.1) is 0 Å². The first-order valence-corrected chi connectivity index (χ1v) is 7.44. The Labute approximate surface area is 129 Å². The molecule has 0 spiro atoms. The second-order valence-corrected chi connectivity index (χ2v) is 5.48. The lowest BCUT2D eigenvalue weighted by Gasteiger charge is -2.34. The molecule has 2 rings (SSSR count). The molecule has 6 heteroatoms. The molecule has 0 aliphatic carbocycles. The van der Waals surface area contributed by atoms with E-state index >= 15 is 0 Å². The minimum absolute atomic E-state index is 0.233. The Balaban J connectivity index is 1.90. The van der Waals surface area contributed by atoms with Gasteiger partial charge < -0.3 is 9.64 Å². The first kappa shape index (κ1) is 15.4. The van der Waals surface area contributed by atoms with Crippen molar-refractivity contribution in [2.75, 3.05) is 32.8 Å². The number of halogens is 2. The number of benzene rings is 1. The summed E-state index contributed by atoms with van der Waals surface area (Å²) in [4.78, 5) is 15.6. The summed E-state index contributed by atoms with van der Waals surface area (Å²) in [5.41, 5.74) is 0.945. The molecule has 0 radical (unpaired) electrons. The lowest BCUT2D eigenvalue weighted by molar-refractivity contribution is 0.0778. The normalized spacial score (nSPS) is 16.2. The molecule has 1 aliphatic rings. The molecule has 1 saturated heterocycles. The molecular formula is C14H18Cl2N2O2. The maximum Gasteiger partial charge on any atom is 0.409 e. The van der Waals surface area contributed by atoms with Gasteiger partial charge in [-0.3, -0.25) is 4.90 Å². The monoisotopic (exact) mass is 316 g/mol. The third kappa shape index (κ3) is 3.78. The molecule has 1 aromatic carbocycles. The Morgan fingerprint density at radius 2 is 1.80 bits per heavy atom. The number of hydrogen-bond donors (Lipinski definition) is 0. The number of rotatable bonds is 3. The van der Waals surface area contributed by atoms with Crippen LogP contribution in [0.5, 0.6) is 0 Å². The SMILES string of the molecule is CCOC(=O)N1CCN(Cc2c(Cl)cccc2Cl)CC1. The largest absolute Gasteiger partial charge is 0.450 e. The van der Waals surface area contributed by atoms with E-state index in [1.165, 1.54) is 0 Å². The molecule has 0 saturated carbocycles. The molecule has 0 N–H and O–H groups in total. The van der Waals surface area contributed by atoms with Gasteiger partial charge in [0.15, 0.2) is 0 Å². The summed E-state index contributed by atoms with van der Waals surface area (Å²) in [5.74, 6) is 0. The minimum atomic E-state index is -0.233. The molecule has 4 nitrogen and oxygen atoms in total. The molecule has 0 atom stereocenters. The highest BCUT2D eigenvalue weighted by molar-refractivity contribution is 6.35. The van der Waals surface area contributed by atoms with Crippen molar-refractivity contribution in [2.45, 2.75) is 13.5 Å². The van der Waals surface area contributed by atoms with Crippen LogP contribution in [0.15, 0.2) is 18.2 Å². The third-order valence-corrected chi connectivity index (χ3v) is 4.05. The van der Waals surface area contributed by atoms with Gasteiger partial charge in [-0.05, 0) is 19.1 Å². The van der Waals surface area contributed by atoms with Gasteiger partial charge in [0.25, 0.3) is 0 Å². The molecule has 0 bridgehead atoms. The molecule has 1 fully saturated rings. The number of ether oxygens (including phenoxy) is 1. The van der Waals surface area contributed by atoms with Gasteiger partial charge in [-0.25, -0.2) is 4.79 Å². The summed E-state index contributed by atoms with van der Waals surface area (Å²) in [5, 5.41) is 1.37. The van der Waals surface area contributed by atoms with Crippen molar-refractivity contribution in [3.05, 3.63) is 33.8 Å². The highest BCUT2D eigenvalue weighted by Crippen LogP contribution is 2.26. The number of nitrogens with zero attached hydrogens (tertiary/aromatic N) is 2. The molecule has 20 heavy (non-hydrogen) atoms. The van der Waals surface area contributed by atoms with Gasteiger partial charge in [0, 0.05) is 48.3 Å². The van der Waals surface area contributed by atoms with Gasteiger partial charge >= 0.3 is 6.09 Å². The quantitative estimate of drug-likeness (QED) is 0.858. The fraction of sp³-hybridized carbons (Fsp3) is 0.500. The Morgan fingerprint density at radius 3 is 2.35 bits per heavy atom. The smallest absolute Gasteiger partial charge is 0.409 e. The summed E-state index contributed by atoms with van der Waals surface area (Å²) in [7, 11) is 0. The van der Waals surface area contributed by atoms with Gasteiger partial charge in [0.2, 0.25) is 0 Å². The van der Waals surface area contributed by atoms with Gasteiger partial charge in [-0.1, -0.05) is 29.3 Å². The number of hydrogen-bond acceptors (Lipinski definition) is 3. The zero-order valence-corrected chi connectivity index (χ0v) is 13.0. The topological polar surface area (TPSA) is 32.8 Å². The van der Waals surface area contributed by atoms with Gasteiger partial charge in [-0.2, -0.15) is 0 Å². The summed E-state index contributed by atoms with van der Waals surface area (Å²) < 4.78 is 5.00. The van der Waals surface area contributed by atoms with Crippen molar-refractivity contribution in [1.29, 1.82) is 0 Å². The molecule has 1 aromatic rings. The molecule has 0 aromatic heterocycles. The number of carbonyl (C=O) groups is 1. The summed E-state index contributed by atoms with van der Waals surface area (Å²) >= 11 is 12.3. The minimum Gasteiger partial charge on any atom is -0.450 e. The highest BCUT2D eigenvalue weighted by Gasteiger charge is 2.22. The van der Waals surface area contributed by atoms with Gasteiger partial charge in [0.05, 0.1) is 6.61 Å². The average Bonchev–Trinajstić information content (AvgIpc) is 2.44. The molecule has 1 amide bonds. The van der Waals surface area contributed by atoms with Crippen molar-refractivity contribution >= 4 is 29.3 Å². The Kier molecular flexibility index (Phi) is 5.52. The first-order chi connectivity index (χ1) is 9.61. The number of piperazine rings is 1. The van der Waals surface area contributed by atoms with Crippen LogP contribution in [-0.2, 0) is 11.3 Å². The predicted molar refractivity (Wildman–Crippen MR) is 80.3 cm³/mol. The van der Waals surface area contributed by atoms with E-state index in [9.17, 15) is 4.79 Å². The van der Waals surface area contributed by atoms with E-state index in [1.807, 2.05) is 25.1 Å². The molecule has 1 heterocycles. The van der Waals surface area contributed by atoms with Crippen molar-refractivity contribution in [1.82, 2.24) is 9.80 Å². The third-order valence-electron chi connectivity index (χ3n) is 3.34. The fourth-order valence-corrected chi connectivity index (χ4v) is 2.73. The van der Waals surface area contributed by atoms with Crippen LogP contribution in [0.2, 0.25) is 10.0 Å². The zero-order valence-electron chi connectivity index (χ0n) is 11.4. The van der Waals surface area contributed by atoms with Crippen molar-refractivity contribution in [3.8, 4) is 0 Å². The van der Waals surface area contributed by atoms with Crippen molar-refractivity contribution in [2.24, 2.45) is 0 Å². The van der Waals surface area contributed by atoms with E-state index in [2.05, 4.69) is 4.90 Å². The van der Waals surface area contributed by atoms with Crippen molar-refractivity contribution in [3.63, 3.8) is 0 Å². The summed E-state index contributed by atoms with van der Waals surface area (Å²) in [6.45, 7) is 5.85. The maximum atomic E-state index is 11.6. The van der Waals surface area contributed by atoms with Crippen LogP contribution in [0.25, 0.3) is 0 Å². The van der Waals surface area contributed by atoms with E-state index in [0.717, 1.165) is 18.7 Å². The lowest BCUT2D eigenvalue weighted by Crippen LogP contribution is -2.48. The van der Waals surface area contributed by atoms with E-state index < -0.39 is 0 Å². The lowest BCUT2D eigenvalue weighted by atomic mass is 10.2. The second kappa shape index (κ2) is 7.16.